The summed E-state index contributed by atoms with van der Waals surface area (Å²) in [4.78, 5) is 11.1. The molecule has 30 heavy (non-hydrogen) atoms. The summed E-state index contributed by atoms with van der Waals surface area (Å²) in [5.74, 6) is 2.58. The predicted octanol–water partition coefficient (Wildman–Crippen LogP) is 5.11. The van der Waals surface area contributed by atoms with Gasteiger partial charge in [-0.05, 0) is 104 Å². The van der Waals surface area contributed by atoms with Crippen LogP contribution in [0.4, 0.5) is 0 Å². The van der Waals surface area contributed by atoms with E-state index >= 15 is 0 Å². The van der Waals surface area contributed by atoms with E-state index in [0.717, 1.165) is 32.1 Å². The number of aliphatic hydroxyl groups is 2. The van der Waals surface area contributed by atoms with Crippen LogP contribution < -0.4 is 0 Å². The summed E-state index contributed by atoms with van der Waals surface area (Å²) in [6.45, 7) is 9.44. The van der Waals surface area contributed by atoms with E-state index < -0.39 is 5.97 Å². The van der Waals surface area contributed by atoms with Crippen LogP contribution in [0.5, 0.6) is 0 Å². The van der Waals surface area contributed by atoms with Crippen LogP contribution in [0, 0.1) is 52.3 Å². The van der Waals surface area contributed by atoms with Gasteiger partial charge in [0, 0.05) is 6.42 Å². The highest BCUT2D eigenvalue weighted by Crippen LogP contribution is 2.69. The molecular formula is C26H44O4. The van der Waals surface area contributed by atoms with Crippen LogP contribution in [0.25, 0.3) is 0 Å². The van der Waals surface area contributed by atoms with Gasteiger partial charge in [-0.1, -0.05) is 34.1 Å². The number of hydrogen-bond acceptors (Lipinski definition) is 3. The van der Waals surface area contributed by atoms with Crippen molar-refractivity contribution >= 4 is 5.97 Å². The minimum Gasteiger partial charge on any atom is -0.481 e. The molecule has 0 radical (unpaired) electrons. The third-order valence-electron chi connectivity index (χ3n) is 11.0. The molecule has 0 spiro atoms. The quantitative estimate of drug-likeness (QED) is 0.577. The summed E-state index contributed by atoms with van der Waals surface area (Å²) in [6.07, 6.45) is 9.27. The molecule has 0 aromatic rings. The summed E-state index contributed by atoms with van der Waals surface area (Å²) in [5.41, 5.74) is 0.480. The molecule has 0 saturated heterocycles. The molecule has 0 bridgehead atoms. The molecule has 0 aromatic heterocycles. The van der Waals surface area contributed by atoms with Crippen LogP contribution >= 0.6 is 0 Å². The number of rotatable bonds is 5. The van der Waals surface area contributed by atoms with Crippen molar-refractivity contribution in [1.82, 2.24) is 0 Å². The molecule has 11 atom stereocenters. The average molecular weight is 421 g/mol. The van der Waals surface area contributed by atoms with Crippen LogP contribution in [0.1, 0.15) is 91.9 Å². The largest absolute Gasteiger partial charge is 0.481 e. The van der Waals surface area contributed by atoms with E-state index in [-0.39, 0.29) is 29.5 Å². The van der Waals surface area contributed by atoms with Crippen molar-refractivity contribution in [2.75, 3.05) is 0 Å². The summed E-state index contributed by atoms with van der Waals surface area (Å²) in [7, 11) is 0. The number of fused-ring (bicyclic) bond motifs is 5. The molecule has 4 saturated carbocycles. The Morgan fingerprint density at radius 3 is 2.33 bits per heavy atom. The minimum atomic E-state index is -0.683. The van der Waals surface area contributed by atoms with E-state index in [1.807, 2.05) is 0 Å². The molecule has 4 aliphatic carbocycles. The van der Waals surface area contributed by atoms with Gasteiger partial charge >= 0.3 is 5.97 Å². The van der Waals surface area contributed by atoms with Crippen molar-refractivity contribution < 1.29 is 20.1 Å². The van der Waals surface area contributed by atoms with Gasteiger partial charge in [0.2, 0.25) is 0 Å². The standard InChI is InChI=1S/C26H44O4/c1-5-17-21-14-16(27)10-12-26(21,4)20-11-13-25(3)18(15(2)6-9-22(28)29)7-8-19(25)23(20)24(17)30/h15-21,23-24,27,30H,5-14H2,1-4H3,(H,28,29)/t15-,16-,17-,18?,19?,20?,21?,23?,24+,25-,26-/m1/s1. The van der Waals surface area contributed by atoms with E-state index in [4.69, 9.17) is 5.11 Å². The predicted molar refractivity (Wildman–Crippen MR) is 118 cm³/mol. The van der Waals surface area contributed by atoms with Gasteiger partial charge in [-0.15, -0.1) is 0 Å². The topological polar surface area (TPSA) is 77.8 Å². The lowest BCUT2D eigenvalue weighted by Crippen LogP contribution is -2.62. The van der Waals surface area contributed by atoms with Gasteiger partial charge in [0.15, 0.2) is 0 Å². The summed E-state index contributed by atoms with van der Waals surface area (Å²) < 4.78 is 0. The third-order valence-corrected chi connectivity index (χ3v) is 11.0. The fourth-order valence-electron chi connectivity index (χ4n) is 9.48. The lowest BCUT2D eigenvalue weighted by Gasteiger charge is -2.64. The zero-order valence-electron chi connectivity index (χ0n) is 19.5. The average Bonchev–Trinajstić information content (AvgIpc) is 3.05. The maximum absolute atomic E-state index is 11.7. The zero-order valence-corrected chi connectivity index (χ0v) is 19.5. The molecule has 0 aromatic carbocycles. The van der Waals surface area contributed by atoms with Crippen molar-refractivity contribution in [3.05, 3.63) is 0 Å². The van der Waals surface area contributed by atoms with Crippen molar-refractivity contribution in [2.24, 2.45) is 52.3 Å². The van der Waals surface area contributed by atoms with E-state index in [9.17, 15) is 15.0 Å². The first kappa shape index (κ1) is 22.6. The normalized spacial score (nSPS) is 51.5. The van der Waals surface area contributed by atoms with Crippen LogP contribution in [0.2, 0.25) is 0 Å². The van der Waals surface area contributed by atoms with Crippen LogP contribution in [-0.2, 0) is 4.79 Å². The highest BCUT2D eigenvalue weighted by Gasteiger charge is 2.64. The number of carbonyl (C=O) groups is 1. The molecule has 0 amide bonds. The van der Waals surface area contributed by atoms with Crippen molar-refractivity contribution in [1.29, 1.82) is 0 Å². The Morgan fingerprint density at radius 1 is 1.00 bits per heavy atom. The highest BCUT2D eigenvalue weighted by atomic mass is 16.4. The Balaban J connectivity index is 1.61. The van der Waals surface area contributed by atoms with Gasteiger partial charge in [-0.2, -0.15) is 0 Å². The second-order valence-electron chi connectivity index (χ2n) is 12.0. The summed E-state index contributed by atoms with van der Waals surface area (Å²) >= 11 is 0. The second-order valence-corrected chi connectivity index (χ2v) is 12.0. The monoisotopic (exact) mass is 420 g/mol. The Bertz CT molecular complexity index is 649. The van der Waals surface area contributed by atoms with Crippen molar-refractivity contribution in [3.8, 4) is 0 Å². The fraction of sp³-hybridized carbons (Fsp3) is 0.962. The van der Waals surface area contributed by atoms with Crippen molar-refractivity contribution in [3.63, 3.8) is 0 Å². The van der Waals surface area contributed by atoms with Gasteiger partial charge in [0.25, 0.3) is 0 Å². The van der Waals surface area contributed by atoms with E-state index in [2.05, 4.69) is 27.7 Å². The number of carboxylic acids is 1. The third kappa shape index (κ3) is 3.36. The molecule has 172 valence electrons. The lowest BCUT2D eigenvalue weighted by atomic mass is 9.41. The Kier molecular flexibility index (Phi) is 6.07. The molecule has 3 N–H and O–H groups in total. The lowest BCUT2D eigenvalue weighted by molar-refractivity contribution is -0.203. The Labute approximate surface area is 182 Å². The van der Waals surface area contributed by atoms with Crippen LogP contribution in [0.3, 0.4) is 0 Å². The molecule has 4 heteroatoms. The maximum Gasteiger partial charge on any atom is 0.303 e. The van der Waals surface area contributed by atoms with Crippen LogP contribution in [0.15, 0.2) is 0 Å². The Morgan fingerprint density at radius 2 is 1.67 bits per heavy atom. The first-order valence-electron chi connectivity index (χ1n) is 12.7. The van der Waals surface area contributed by atoms with Gasteiger partial charge < -0.3 is 15.3 Å². The molecule has 4 nitrogen and oxygen atoms in total. The van der Waals surface area contributed by atoms with E-state index in [1.54, 1.807) is 0 Å². The highest BCUT2D eigenvalue weighted by molar-refractivity contribution is 5.66. The van der Waals surface area contributed by atoms with Crippen molar-refractivity contribution in [2.45, 2.75) is 104 Å². The first-order chi connectivity index (χ1) is 14.1. The molecule has 4 aliphatic rings. The first-order valence-corrected chi connectivity index (χ1v) is 12.7. The zero-order chi connectivity index (χ0) is 21.8. The summed E-state index contributed by atoms with van der Waals surface area (Å²) in [6, 6.07) is 0. The molecular weight excluding hydrogens is 376 g/mol. The van der Waals surface area contributed by atoms with Gasteiger partial charge in [0.05, 0.1) is 12.2 Å². The summed E-state index contributed by atoms with van der Waals surface area (Å²) in [5, 5.41) is 31.3. The minimum absolute atomic E-state index is 0.194. The van der Waals surface area contributed by atoms with E-state index in [0.29, 0.717) is 41.4 Å². The molecule has 0 heterocycles. The smallest absolute Gasteiger partial charge is 0.303 e. The van der Waals surface area contributed by atoms with Gasteiger partial charge in [0.1, 0.15) is 0 Å². The number of hydrogen-bond donors (Lipinski definition) is 3. The fourth-order valence-corrected chi connectivity index (χ4v) is 9.48. The van der Waals surface area contributed by atoms with E-state index in [1.165, 1.54) is 25.7 Å². The maximum atomic E-state index is 11.7. The second kappa shape index (κ2) is 8.06. The molecule has 5 unspecified atom stereocenters. The molecule has 4 fully saturated rings. The SMILES string of the molecule is CC[C@@H]1C2C[C@H](O)CC[C@]2(C)C2CC[C@@]3(C)C(CCC3[C@H](C)CCC(=O)O)C2[C@H]1O. The van der Waals surface area contributed by atoms with Crippen LogP contribution in [-0.4, -0.2) is 33.5 Å². The van der Waals surface area contributed by atoms with Gasteiger partial charge in [-0.25, -0.2) is 0 Å². The number of aliphatic carboxylic acids is 1. The van der Waals surface area contributed by atoms with Gasteiger partial charge in [-0.3, -0.25) is 4.79 Å². The number of carboxylic acid groups (broad SMARTS) is 1. The molecule has 4 rings (SSSR count). The number of aliphatic hydroxyl groups excluding tert-OH is 2. The Hall–Kier alpha value is -0.610. The molecule has 0 aliphatic heterocycles.